The molecular weight excluding hydrogens is 272 g/mol. The molecule has 2 aromatic carbocycles. The molecule has 0 saturated carbocycles. The number of fused-ring (bicyclic) bond motifs is 1. The zero-order valence-electron chi connectivity index (χ0n) is 11.0. The molecule has 0 bridgehead atoms. The van der Waals surface area contributed by atoms with Crippen LogP contribution in [0.15, 0.2) is 42.5 Å². The van der Waals surface area contributed by atoms with E-state index in [1.165, 1.54) is 11.3 Å². The topological polar surface area (TPSA) is 57.4 Å². The van der Waals surface area contributed by atoms with E-state index >= 15 is 0 Å². The van der Waals surface area contributed by atoms with Gasteiger partial charge in [0.15, 0.2) is 5.13 Å². The minimum Gasteiger partial charge on any atom is -0.494 e. The highest BCUT2D eigenvalue weighted by Crippen LogP contribution is 2.38. The molecule has 5 heteroatoms. The van der Waals surface area contributed by atoms with Gasteiger partial charge >= 0.3 is 0 Å². The van der Waals surface area contributed by atoms with Crippen LogP contribution < -0.4 is 15.2 Å². The van der Waals surface area contributed by atoms with Crippen LogP contribution in [0.25, 0.3) is 10.2 Å². The van der Waals surface area contributed by atoms with Crippen LogP contribution in [0.3, 0.4) is 0 Å². The third kappa shape index (κ3) is 2.40. The van der Waals surface area contributed by atoms with Crippen molar-refractivity contribution in [3.05, 3.63) is 48.0 Å². The molecule has 1 heterocycles. The third-order valence-corrected chi connectivity index (χ3v) is 3.84. The molecule has 0 saturated heterocycles. The summed E-state index contributed by atoms with van der Waals surface area (Å²) < 4.78 is 12.1. The molecule has 0 aliphatic rings. The van der Waals surface area contributed by atoms with Gasteiger partial charge in [-0.1, -0.05) is 41.7 Å². The standard InChI is InChI=1S/C15H14N2O2S/c1-18-11-7-8-12(14-13(11)17-15(16)20-14)19-9-10-5-3-2-4-6-10/h2-8H,9H2,1H3,(H2,16,17). The van der Waals surface area contributed by atoms with E-state index in [1.807, 2.05) is 42.5 Å². The van der Waals surface area contributed by atoms with Gasteiger partial charge < -0.3 is 15.2 Å². The lowest BCUT2D eigenvalue weighted by Gasteiger charge is -2.08. The molecule has 0 atom stereocenters. The molecular formula is C15H14N2O2S. The van der Waals surface area contributed by atoms with Crippen molar-refractivity contribution in [1.29, 1.82) is 0 Å². The molecule has 0 aliphatic heterocycles. The Labute approximate surface area is 120 Å². The second-order valence-corrected chi connectivity index (χ2v) is 5.30. The molecule has 2 N–H and O–H groups in total. The zero-order chi connectivity index (χ0) is 13.9. The smallest absolute Gasteiger partial charge is 0.181 e. The van der Waals surface area contributed by atoms with Crippen LogP contribution in [0.4, 0.5) is 5.13 Å². The lowest BCUT2D eigenvalue weighted by atomic mass is 10.2. The van der Waals surface area contributed by atoms with E-state index in [0.717, 1.165) is 21.5 Å². The van der Waals surface area contributed by atoms with E-state index in [1.54, 1.807) is 7.11 Å². The number of hydrogen-bond acceptors (Lipinski definition) is 5. The first-order valence-corrected chi connectivity index (χ1v) is 6.99. The van der Waals surface area contributed by atoms with E-state index in [0.29, 0.717) is 17.5 Å². The molecule has 20 heavy (non-hydrogen) atoms. The summed E-state index contributed by atoms with van der Waals surface area (Å²) in [6.07, 6.45) is 0. The Morgan fingerprint density at radius 3 is 2.60 bits per heavy atom. The summed E-state index contributed by atoms with van der Waals surface area (Å²) in [5.74, 6) is 1.49. The summed E-state index contributed by atoms with van der Waals surface area (Å²) in [7, 11) is 1.62. The van der Waals surface area contributed by atoms with Crippen LogP contribution in [-0.2, 0) is 6.61 Å². The number of nitrogens with two attached hydrogens (primary N) is 1. The Morgan fingerprint density at radius 2 is 1.85 bits per heavy atom. The first-order valence-electron chi connectivity index (χ1n) is 6.17. The quantitative estimate of drug-likeness (QED) is 0.798. The number of hydrogen-bond donors (Lipinski definition) is 1. The van der Waals surface area contributed by atoms with Crippen molar-refractivity contribution >= 4 is 26.7 Å². The molecule has 1 aromatic heterocycles. The maximum absolute atomic E-state index is 5.88. The summed E-state index contributed by atoms with van der Waals surface area (Å²) in [5, 5.41) is 0.508. The predicted octanol–water partition coefficient (Wildman–Crippen LogP) is 3.47. The fourth-order valence-corrected chi connectivity index (χ4v) is 2.81. The van der Waals surface area contributed by atoms with Gasteiger partial charge in [-0.25, -0.2) is 4.98 Å². The van der Waals surface area contributed by atoms with Crippen molar-refractivity contribution in [3.63, 3.8) is 0 Å². The largest absolute Gasteiger partial charge is 0.494 e. The highest BCUT2D eigenvalue weighted by atomic mass is 32.1. The Balaban J connectivity index is 1.92. The predicted molar refractivity (Wildman–Crippen MR) is 81.4 cm³/mol. The van der Waals surface area contributed by atoms with Crippen molar-refractivity contribution < 1.29 is 9.47 Å². The molecule has 0 amide bonds. The second-order valence-electron chi connectivity index (χ2n) is 4.27. The van der Waals surface area contributed by atoms with Gasteiger partial charge in [0.05, 0.1) is 7.11 Å². The van der Waals surface area contributed by atoms with E-state index in [4.69, 9.17) is 15.2 Å². The summed E-state index contributed by atoms with van der Waals surface area (Å²) in [5.41, 5.74) is 7.66. The number of ether oxygens (including phenoxy) is 2. The van der Waals surface area contributed by atoms with Crippen LogP contribution in [0.1, 0.15) is 5.56 Å². The first kappa shape index (κ1) is 12.7. The third-order valence-electron chi connectivity index (χ3n) is 2.94. The number of anilines is 1. The van der Waals surface area contributed by atoms with Gasteiger partial charge in [-0.2, -0.15) is 0 Å². The van der Waals surface area contributed by atoms with E-state index in [2.05, 4.69) is 4.98 Å². The molecule has 0 radical (unpaired) electrons. The number of thiazole rings is 1. The zero-order valence-corrected chi connectivity index (χ0v) is 11.8. The van der Waals surface area contributed by atoms with Crippen LogP contribution in [0, 0.1) is 0 Å². The summed E-state index contributed by atoms with van der Waals surface area (Å²) >= 11 is 1.41. The van der Waals surface area contributed by atoms with Gasteiger partial charge in [-0.05, 0) is 17.7 Å². The minimum atomic E-state index is 0.508. The maximum atomic E-state index is 5.88. The second kappa shape index (κ2) is 5.38. The van der Waals surface area contributed by atoms with E-state index < -0.39 is 0 Å². The van der Waals surface area contributed by atoms with Crippen molar-refractivity contribution in [2.45, 2.75) is 6.61 Å². The molecule has 0 spiro atoms. The average Bonchev–Trinajstić information content (AvgIpc) is 2.87. The highest BCUT2D eigenvalue weighted by Gasteiger charge is 2.12. The van der Waals surface area contributed by atoms with Crippen molar-refractivity contribution in [1.82, 2.24) is 4.98 Å². The molecule has 0 aliphatic carbocycles. The molecule has 3 rings (SSSR count). The number of aromatic nitrogens is 1. The molecule has 3 aromatic rings. The van der Waals surface area contributed by atoms with Gasteiger partial charge in [0.25, 0.3) is 0 Å². The Kier molecular flexibility index (Phi) is 3.43. The Hall–Kier alpha value is -2.27. The summed E-state index contributed by atoms with van der Waals surface area (Å²) in [6, 6.07) is 13.8. The summed E-state index contributed by atoms with van der Waals surface area (Å²) in [6.45, 7) is 0.514. The van der Waals surface area contributed by atoms with Crippen LogP contribution in [0.2, 0.25) is 0 Å². The number of rotatable bonds is 4. The fourth-order valence-electron chi connectivity index (χ4n) is 1.99. The lowest BCUT2D eigenvalue weighted by molar-refractivity contribution is 0.310. The van der Waals surface area contributed by atoms with Crippen LogP contribution in [-0.4, -0.2) is 12.1 Å². The van der Waals surface area contributed by atoms with E-state index in [9.17, 15) is 0 Å². The average molecular weight is 286 g/mol. The monoisotopic (exact) mass is 286 g/mol. The molecule has 0 unspecified atom stereocenters. The SMILES string of the molecule is COc1ccc(OCc2ccccc2)c2sc(N)nc12. The maximum Gasteiger partial charge on any atom is 0.181 e. The normalized spacial score (nSPS) is 10.7. The van der Waals surface area contributed by atoms with Crippen molar-refractivity contribution in [2.75, 3.05) is 12.8 Å². The van der Waals surface area contributed by atoms with Crippen molar-refractivity contribution in [2.24, 2.45) is 0 Å². The first-order chi connectivity index (χ1) is 9.78. The van der Waals surface area contributed by atoms with Gasteiger partial charge in [0.2, 0.25) is 0 Å². The minimum absolute atomic E-state index is 0.508. The molecule has 4 nitrogen and oxygen atoms in total. The fraction of sp³-hybridized carbons (Fsp3) is 0.133. The Morgan fingerprint density at radius 1 is 1.10 bits per heavy atom. The molecule has 102 valence electrons. The lowest BCUT2D eigenvalue weighted by Crippen LogP contribution is -1.95. The highest BCUT2D eigenvalue weighted by molar-refractivity contribution is 7.22. The van der Waals surface area contributed by atoms with Crippen LogP contribution >= 0.6 is 11.3 Å². The van der Waals surface area contributed by atoms with Gasteiger partial charge in [0.1, 0.15) is 28.3 Å². The number of benzene rings is 2. The van der Waals surface area contributed by atoms with Gasteiger partial charge in [-0.3, -0.25) is 0 Å². The van der Waals surface area contributed by atoms with E-state index in [-0.39, 0.29) is 0 Å². The van der Waals surface area contributed by atoms with Gasteiger partial charge in [-0.15, -0.1) is 0 Å². The number of methoxy groups -OCH3 is 1. The molecule has 0 fully saturated rings. The number of nitrogen functional groups attached to an aromatic ring is 1. The number of nitrogens with zero attached hydrogens (tertiary/aromatic N) is 1. The van der Waals surface area contributed by atoms with Gasteiger partial charge in [0, 0.05) is 0 Å². The Bertz CT molecular complexity index is 725. The summed E-state index contributed by atoms with van der Waals surface area (Å²) in [4.78, 5) is 4.29. The van der Waals surface area contributed by atoms with Crippen LogP contribution in [0.5, 0.6) is 11.5 Å². The van der Waals surface area contributed by atoms with Crippen molar-refractivity contribution in [3.8, 4) is 11.5 Å².